The van der Waals surface area contributed by atoms with E-state index >= 15 is 0 Å². The molecular weight excluding hydrogens is 213 g/mol. The van der Waals surface area contributed by atoms with Crippen LogP contribution in [0.2, 0.25) is 0 Å². The first-order chi connectivity index (χ1) is 7.20. The van der Waals surface area contributed by atoms with Crippen molar-refractivity contribution in [2.45, 2.75) is 6.92 Å². The summed E-state index contributed by atoms with van der Waals surface area (Å²) < 4.78 is 6.24. The maximum atomic E-state index is 8.97. The van der Waals surface area contributed by atoms with Crippen LogP contribution in [0, 0.1) is 0 Å². The lowest BCUT2D eigenvalue weighted by atomic mass is 9.94. The Morgan fingerprint density at radius 1 is 1.47 bits per heavy atom. The van der Waals surface area contributed by atoms with Gasteiger partial charge in [0.2, 0.25) is 0 Å². The highest BCUT2D eigenvalue weighted by molar-refractivity contribution is 7.27. The quantitative estimate of drug-likeness (QED) is 0.738. The summed E-state index contributed by atoms with van der Waals surface area (Å²) in [5.74, 6) is 0.745. The van der Waals surface area contributed by atoms with Gasteiger partial charge in [-0.3, -0.25) is 0 Å². The lowest BCUT2D eigenvalue weighted by Crippen LogP contribution is -2.28. The first-order valence-electron chi connectivity index (χ1n) is 4.60. The molecule has 0 aliphatic heterocycles. The molecule has 0 radical (unpaired) electrons. The third kappa shape index (κ3) is 2.12. The number of fused-ring (bicyclic) bond motifs is 1. The van der Waals surface area contributed by atoms with Gasteiger partial charge in [0.25, 0.3) is 0 Å². The molecule has 0 amide bonds. The summed E-state index contributed by atoms with van der Waals surface area (Å²) >= 11 is 1.27. The molecule has 1 heterocycles. The van der Waals surface area contributed by atoms with E-state index < -0.39 is 7.12 Å². The normalized spacial score (nSPS) is 10.6. The Morgan fingerprint density at radius 3 is 2.93 bits per heavy atom. The van der Waals surface area contributed by atoms with E-state index in [-0.39, 0.29) is 0 Å². The number of aromatic nitrogens is 1. The summed E-state index contributed by atoms with van der Waals surface area (Å²) in [5, 5.41) is 17.9. The maximum absolute atomic E-state index is 8.97. The smallest absolute Gasteiger partial charge is 0.494 e. The summed E-state index contributed by atoms with van der Waals surface area (Å²) in [6, 6.07) is 5.50. The number of rotatable bonds is 3. The van der Waals surface area contributed by atoms with Crippen molar-refractivity contribution < 1.29 is 14.8 Å². The molecule has 1 aromatic heterocycles. The van der Waals surface area contributed by atoms with Gasteiger partial charge in [-0.05, 0) is 19.1 Å². The highest BCUT2D eigenvalue weighted by Gasteiger charge is 2.16. The molecule has 0 unspecified atom stereocenters. The van der Waals surface area contributed by atoms with Crippen molar-refractivity contribution in [2.75, 3.05) is 6.61 Å². The SMILES string of the molecule is CCOc1ccc2sc(B(O)O)nc2c1. The lowest BCUT2D eigenvalue weighted by Gasteiger charge is -2.00. The van der Waals surface area contributed by atoms with Crippen molar-refractivity contribution in [3.05, 3.63) is 18.2 Å². The van der Waals surface area contributed by atoms with E-state index in [4.69, 9.17) is 14.8 Å². The van der Waals surface area contributed by atoms with Crippen LogP contribution >= 0.6 is 11.3 Å². The first kappa shape index (κ1) is 10.4. The Hall–Kier alpha value is -1.11. The van der Waals surface area contributed by atoms with Crippen LogP contribution in [0.3, 0.4) is 0 Å². The molecule has 0 saturated carbocycles. The molecule has 4 nitrogen and oxygen atoms in total. The minimum Gasteiger partial charge on any atom is -0.494 e. The van der Waals surface area contributed by atoms with Crippen molar-refractivity contribution in [1.82, 2.24) is 4.98 Å². The highest BCUT2D eigenvalue weighted by atomic mass is 32.1. The standard InChI is InChI=1S/C9H10BNO3S/c1-2-14-6-3-4-8-7(5-6)11-9(15-8)10(12)13/h3-5,12-13H,2H2,1H3. The summed E-state index contributed by atoms with van der Waals surface area (Å²) in [6.07, 6.45) is 0. The van der Waals surface area contributed by atoms with E-state index in [1.54, 1.807) is 6.07 Å². The third-order valence-electron chi connectivity index (χ3n) is 1.91. The van der Waals surface area contributed by atoms with Gasteiger partial charge in [-0.2, -0.15) is 0 Å². The Bertz CT molecular complexity index is 471. The molecule has 0 saturated heterocycles. The van der Waals surface area contributed by atoms with Crippen LogP contribution in [0.4, 0.5) is 0 Å². The van der Waals surface area contributed by atoms with Crippen molar-refractivity contribution in [1.29, 1.82) is 0 Å². The van der Waals surface area contributed by atoms with Gasteiger partial charge < -0.3 is 14.8 Å². The predicted octanol–water partition coefficient (Wildman–Crippen LogP) is 0.375. The van der Waals surface area contributed by atoms with Gasteiger partial charge >= 0.3 is 7.12 Å². The zero-order valence-electron chi connectivity index (χ0n) is 8.17. The highest BCUT2D eigenvalue weighted by Crippen LogP contribution is 2.22. The van der Waals surface area contributed by atoms with E-state index in [1.165, 1.54) is 11.3 Å². The van der Waals surface area contributed by atoms with Crippen LogP contribution in [0.15, 0.2) is 18.2 Å². The van der Waals surface area contributed by atoms with E-state index in [0.717, 1.165) is 16.0 Å². The second-order valence-corrected chi connectivity index (χ2v) is 4.05. The summed E-state index contributed by atoms with van der Waals surface area (Å²) in [7, 11) is -1.50. The van der Waals surface area contributed by atoms with Crippen LogP contribution in [0.1, 0.15) is 6.92 Å². The number of hydrogen-bond acceptors (Lipinski definition) is 5. The molecule has 0 aliphatic rings. The van der Waals surface area contributed by atoms with Crippen LogP contribution in [-0.4, -0.2) is 28.8 Å². The van der Waals surface area contributed by atoms with Gasteiger partial charge in [-0.1, -0.05) is 0 Å². The van der Waals surface area contributed by atoms with Crippen molar-refractivity contribution in [2.24, 2.45) is 0 Å². The monoisotopic (exact) mass is 223 g/mol. The van der Waals surface area contributed by atoms with Crippen molar-refractivity contribution >= 4 is 33.6 Å². The van der Waals surface area contributed by atoms with E-state index in [0.29, 0.717) is 11.5 Å². The Labute approximate surface area is 91.3 Å². The molecule has 15 heavy (non-hydrogen) atoms. The average molecular weight is 223 g/mol. The molecule has 2 N–H and O–H groups in total. The number of thiazole rings is 1. The fourth-order valence-corrected chi connectivity index (χ4v) is 2.11. The van der Waals surface area contributed by atoms with Gasteiger partial charge in [0, 0.05) is 6.07 Å². The number of hydrogen-bond donors (Lipinski definition) is 2. The summed E-state index contributed by atoms with van der Waals surface area (Å²) in [5.41, 5.74) is 0.731. The topological polar surface area (TPSA) is 62.6 Å². The van der Waals surface area contributed by atoms with Crippen molar-refractivity contribution in [3.8, 4) is 5.75 Å². The minimum absolute atomic E-state index is 0.304. The van der Waals surface area contributed by atoms with Gasteiger partial charge in [-0.15, -0.1) is 11.3 Å². The number of nitrogens with zero attached hydrogens (tertiary/aromatic N) is 1. The predicted molar refractivity (Wildman–Crippen MR) is 60.6 cm³/mol. The van der Waals surface area contributed by atoms with E-state index in [9.17, 15) is 0 Å². The molecule has 2 aromatic rings. The second-order valence-electron chi connectivity index (χ2n) is 2.99. The summed E-state index contributed by atoms with van der Waals surface area (Å²) in [6.45, 7) is 2.51. The Balaban J connectivity index is 2.43. The van der Waals surface area contributed by atoms with Gasteiger partial charge in [0.05, 0.1) is 16.8 Å². The van der Waals surface area contributed by atoms with Gasteiger partial charge in [0.15, 0.2) is 0 Å². The fourth-order valence-electron chi connectivity index (χ4n) is 1.29. The molecule has 0 spiro atoms. The van der Waals surface area contributed by atoms with Gasteiger partial charge in [-0.25, -0.2) is 4.98 Å². The molecule has 0 bridgehead atoms. The van der Waals surface area contributed by atoms with Crippen LogP contribution < -0.4 is 9.64 Å². The molecular formula is C9H10BNO3S. The van der Waals surface area contributed by atoms with E-state index in [2.05, 4.69) is 4.98 Å². The average Bonchev–Trinajstić information content (AvgIpc) is 2.61. The van der Waals surface area contributed by atoms with Gasteiger partial charge in [0.1, 0.15) is 10.7 Å². The lowest BCUT2D eigenvalue weighted by molar-refractivity contribution is 0.340. The third-order valence-corrected chi connectivity index (χ3v) is 2.98. The summed E-state index contributed by atoms with van der Waals surface area (Å²) in [4.78, 5) is 4.40. The Morgan fingerprint density at radius 2 is 2.27 bits per heavy atom. The molecule has 0 fully saturated rings. The molecule has 2 rings (SSSR count). The fraction of sp³-hybridized carbons (Fsp3) is 0.222. The molecule has 78 valence electrons. The Kier molecular flexibility index (Phi) is 2.90. The second kappa shape index (κ2) is 4.18. The first-order valence-corrected chi connectivity index (χ1v) is 5.41. The van der Waals surface area contributed by atoms with Crippen molar-refractivity contribution in [3.63, 3.8) is 0 Å². The zero-order chi connectivity index (χ0) is 10.8. The van der Waals surface area contributed by atoms with Crippen LogP contribution in [0.5, 0.6) is 5.75 Å². The molecule has 6 heteroatoms. The van der Waals surface area contributed by atoms with Crippen LogP contribution in [0.25, 0.3) is 10.2 Å². The minimum atomic E-state index is -1.50. The molecule has 0 atom stereocenters. The molecule has 1 aromatic carbocycles. The molecule has 0 aliphatic carbocycles. The largest absolute Gasteiger partial charge is 0.519 e. The zero-order valence-corrected chi connectivity index (χ0v) is 8.99. The maximum Gasteiger partial charge on any atom is 0.519 e. The number of ether oxygens (including phenoxy) is 1. The van der Waals surface area contributed by atoms with Crippen LogP contribution in [-0.2, 0) is 0 Å². The number of benzene rings is 1. The van der Waals surface area contributed by atoms with E-state index in [1.807, 2.05) is 19.1 Å².